The summed E-state index contributed by atoms with van der Waals surface area (Å²) in [5, 5.41) is 3.37. The molecule has 2 heterocycles. The van der Waals surface area contributed by atoms with Gasteiger partial charge in [0.15, 0.2) is 0 Å². The maximum Gasteiger partial charge on any atom is 0.471 e. The third kappa shape index (κ3) is 4.87. The summed E-state index contributed by atoms with van der Waals surface area (Å²) in [4.78, 5) is 17.8. The lowest BCUT2D eigenvalue weighted by Crippen LogP contribution is -2.41. The molecule has 1 aliphatic heterocycles. The number of rotatable bonds is 4. The molecule has 2 aromatic carbocycles. The maximum absolute atomic E-state index is 12.6. The zero-order valence-corrected chi connectivity index (χ0v) is 16.7. The van der Waals surface area contributed by atoms with E-state index in [2.05, 4.69) is 14.7 Å². The van der Waals surface area contributed by atoms with E-state index in [-0.39, 0.29) is 17.8 Å². The van der Waals surface area contributed by atoms with Crippen molar-refractivity contribution in [3.63, 3.8) is 0 Å². The predicted octanol–water partition coefficient (Wildman–Crippen LogP) is 4.75. The molecule has 1 amide bonds. The summed E-state index contributed by atoms with van der Waals surface area (Å²) >= 11 is 0. The van der Waals surface area contributed by atoms with Gasteiger partial charge in [-0.05, 0) is 43.3 Å². The number of hydrogen-bond donors (Lipinski definition) is 0. The van der Waals surface area contributed by atoms with Gasteiger partial charge in [0.25, 0.3) is 5.91 Å². The minimum Gasteiger partial charge on any atom is -0.490 e. The van der Waals surface area contributed by atoms with Crippen molar-refractivity contribution >= 4 is 5.91 Å². The Kier molecular flexibility index (Phi) is 5.67. The van der Waals surface area contributed by atoms with Gasteiger partial charge in [0, 0.05) is 37.1 Å². The van der Waals surface area contributed by atoms with E-state index in [0.717, 1.165) is 5.56 Å². The fourth-order valence-corrected chi connectivity index (χ4v) is 3.47. The summed E-state index contributed by atoms with van der Waals surface area (Å²) < 4.78 is 48.0. The van der Waals surface area contributed by atoms with E-state index in [0.29, 0.717) is 42.8 Å². The van der Waals surface area contributed by atoms with Crippen molar-refractivity contribution in [2.24, 2.45) is 0 Å². The van der Waals surface area contributed by atoms with Crippen LogP contribution in [0.5, 0.6) is 5.75 Å². The molecule has 1 saturated heterocycles. The second-order valence-corrected chi connectivity index (χ2v) is 7.42. The minimum absolute atomic E-state index is 0.0184. The van der Waals surface area contributed by atoms with Crippen LogP contribution in [0, 0.1) is 6.92 Å². The second-order valence-electron chi connectivity index (χ2n) is 7.42. The van der Waals surface area contributed by atoms with Crippen LogP contribution in [0.2, 0.25) is 0 Å². The fraction of sp³-hybridized carbons (Fsp3) is 0.318. The van der Waals surface area contributed by atoms with E-state index >= 15 is 0 Å². The van der Waals surface area contributed by atoms with Crippen LogP contribution in [0.15, 0.2) is 53.1 Å². The van der Waals surface area contributed by atoms with Crippen LogP contribution in [0.1, 0.15) is 34.7 Å². The molecule has 0 N–H and O–H groups in total. The second kappa shape index (κ2) is 8.41. The largest absolute Gasteiger partial charge is 0.490 e. The summed E-state index contributed by atoms with van der Waals surface area (Å²) in [6.45, 7) is 3.15. The van der Waals surface area contributed by atoms with Crippen molar-refractivity contribution in [3.05, 3.63) is 65.5 Å². The highest BCUT2D eigenvalue weighted by Crippen LogP contribution is 2.30. The standard InChI is InChI=1S/C22H20F3N3O3/c1-14-3-2-4-16(13-14)20(29)28-11-9-18(10-12-28)30-17-7-5-15(6-8-17)19-26-21(31-27-19)22(23,24)25/h2-8,13,18H,9-12H2,1H3. The van der Waals surface area contributed by atoms with Crippen molar-refractivity contribution in [2.45, 2.75) is 32.0 Å². The number of carbonyl (C=O) groups excluding carboxylic acids is 1. The van der Waals surface area contributed by atoms with E-state index in [1.807, 2.05) is 36.1 Å². The van der Waals surface area contributed by atoms with Gasteiger partial charge in [-0.3, -0.25) is 4.79 Å². The van der Waals surface area contributed by atoms with E-state index in [1.54, 1.807) is 24.3 Å². The first-order chi connectivity index (χ1) is 14.8. The molecule has 0 radical (unpaired) electrons. The van der Waals surface area contributed by atoms with Crippen LogP contribution in [-0.4, -0.2) is 40.1 Å². The number of hydrogen-bond acceptors (Lipinski definition) is 5. The number of halogens is 3. The molecular formula is C22H20F3N3O3. The SMILES string of the molecule is Cc1cccc(C(=O)N2CCC(Oc3ccc(-c4noc(C(F)(F)F)n4)cc3)CC2)c1. The molecule has 4 rings (SSSR count). The number of benzene rings is 2. The number of amides is 1. The lowest BCUT2D eigenvalue weighted by atomic mass is 10.1. The molecule has 1 fully saturated rings. The molecule has 31 heavy (non-hydrogen) atoms. The Morgan fingerprint density at radius 1 is 1.13 bits per heavy atom. The monoisotopic (exact) mass is 431 g/mol. The summed E-state index contributed by atoms with van der Waals surface area (Å²) in [7, 11) is 0. The summed E-state index contributed by atoms with van der Waals surface area (Å²) in [5.41, 5.74) is 2.12. The van der Waals surface area contributed by atoms with Gasteiger partial charge in [0.2, 0.25) is 5.82 Å². The average molecular weight is 431 g/mol. The first-order valence-corrected chi connectivity index (χ1v) is 9.83. The Bertz CT molecular complexity index is 1060. The van der Waals surface area contributed by atoms with Crippen molar-refractivity contribution < 1.29 is 27.2 Å². The Balaban J connectivity index is 1.33. The molecule has 1 aliphatic rings. The van der Waals surface area contributed by atoms with Crippen LogP contribution >= 0.6 is 0 Å². The molecule has 3 aromatic rings. The molecule has 0 unspecified atom stereocenters. The summed E-state index contributed by atoms with van der Waals surface area (Å²) in [6, 6.07) is 14.0. The molecule has 6 nitrogen and oxygen atoms in total. The van der Waals surface area contributed by atoms with Crippen LogP contribution in [0.25, 0.3) is 11.4 Å². The predicted molar refractivity (Wildman–Crippen MR) is 105 cm³/mol. The van der Waals surface area contributed by atoms with E-state index in [4.69, 9.17) is 4.74 Å². The number of piperidine rings is 1. The minimum atomic E-state index is -4.68. The lowest BCUT2D eigenvalue weighted by Gasteiger charge is -2.32. The quantitative estimate of drug-likeness (QED) is 0.597. The number of carbonyl (C=O) groups is 1. The summed E-state index contributed by atoms with van der Waals surface area (Å²) in [5.74, 6) is -0.909. The molecule has 9 heteroatoms. The first kappa shape index (κ1) is 20.9. The zero-order valence-electron chi connectivity index (χ0n) is 16.7. The van der Waals surface area contributed by atoms with Crippen LogP contribution in [-0.2, 0) is 6.18 Å². The Morgan fingerprint density at radius 2 is 1.84 bits per heavy atom. The van der Waals surface area contributed by atoms with Gasteiger partial charge >= 0.3 is 12.1 Å². The van der Waals surface area contributed by atoms with Gasteiger partial charge in [0.1, 0.15) is 11.9 Å². The Hall–Kier alpha value is -3.36. The lowest BCUT2D eigenvalue weighted by molar-refractivity contribution is -0.159. The van der Waals surface area contributed by atoms with E-state index in [1.165, 1.54) is 0 Å². The topological polar surface area (TPSA) is 68.5 Å². The molecular weight excluding hydrogens is 411 g/mol. The molecule has 1 aromatic heterocycles. The highest BCUT2D eigenvalue weighted by atomic mass is 19.4. The number of likely N-dealkylation sites (tertiary alicyclic amines) is 1. The van der Waals surface area contributed by atoms with Crippen LogP contribution < -0.4 is 4.74 Å². The third-order valence-electron chi connectivity index (χ3n) is 5.08. The van der Waals surface area contributed by atoms with Gasteiger partial charge in [-0.25, -0.2) is 0 Å². The maximum atomic E-state index is 12.6. The van der Waals surface area contributed by atoms with E-state index in [9.17, 15) is 18.0 Å². The van der Waals surface area contributed by atoms with Crippen molar-refractivity contribution in [1.82, 2.24) is 15.0 Å². The molecule has 0 saturated carbocycles. The number of nitrogens with zero attached hydrogens (tertiary/aromatic N) is 3. The summed E-state index contributed by atoms with van der Waals surface area (Å²) in [6.07, 6.45) is -3.34. The van der Waals surface area contributed by atoms with Gasteiger partial charge in [0.05, 0.1) is 0 Å². The number of ether oxygens (including phenoxy) is 1. The smallest absolute Gasteiger partial charge is 0.471 e. The molecule has 0 aliphatic carbocycles. The third-order valence-corrected chi connectivity index (χ3v) is 5.08. The van der Waals surface area contributed by atoms with Gasteiger partial charge in [-0.15, -0.1) is 0 Å². The highest BCUT2D eigenvalue weighted by molar-refractivity contribution is 5.94. The van der Waals surface area contributed by atoms with Gasteiger partial charge in [-0.2, -0.15) is 18.2 Å². The average Bonchev–Trinajstić information content (AvgIpc) is 3.25. The molecule has 162 valence electrons. The Morgan fingerprint density at radius 3 is 2.45 bits per heavy atom. The first-order valence-electron chi connectivity index (χ1n) is 9.83. The highest BCUT2D eigenvalue weighted by Gasteiger charge is 2.38. The van der Waals surface area contributed by atoms with Crippen molar-refractivity contribution in [1.29, 1.82) is 0 Å². The van der Waals surface area contributed by atoms with Crippen molar-refractivity contribution in [2.75, 3.05) is 13.1 Å². The van der Waals surface area contributed by atoms with Crippen LogP contribution in [0.3, 0.4) is 0 Å². The normalized spacial score (nSPS) is 15.2. The number of aryl methyl sites for hydroxylation is 1. The molecule has 0 spiro atoms. The zero-order chi connectivity index (χ0) is 22.0. The number of aromatic nitrogens is 2. The van der Waals surface area contributed by atoms with Crippen molar-refractivity contribution in [3.8, 4) is 17.1 Å². The Labute approximate surface area is 176 Å². The molecule has 0 atom stereocenters. The fourth-order valence-electron chi connectivity index (χ4n) is 3.47. The van der Waals surface area contributed by atoms with Gasteiger partial charge in [-0.1, -0.05) is 22.9 Å². The van der Waals surface area contributed by atoms with Gasteiger partial charge < -0.3 is 14.2 Å². The van der Waals surface area contributed by atoms with E-state index < -0.39 is 12.1 Å². The van der Waals surface area contributed by atoms with Crippen LogP contribution in [0.4, 0.5) is 13.2 Å². The number of alkyl halides is 3. The molecule has 0 bridgehead atoms.